The number of fused-ring (bicyclic) bond motifs is 3. The maximum Gasteiger partial charge on any atom is 0.211 e. The van der Waals surface area contributed by atoms with Crippen LogP contribution >= 0.6 is 11.8 Å². The lowest BCUT2D eigenvalue weighted by molar-refractivity contribution is 0.102. The smallest absolute Gasteiger partial charge is 0.211 e. The van der Waals surface area contributed by atoms with Crippen LogP contribution in [-0.2, 0) is 13.0 Å². The van der Waals surface area contributed by atoms with E-state index in [2.05, 4.69) is 51.2 Å². The minimum atomic E-state index is 0.0586. The average molecular weight is 439 g/mol. The number of aromatic nitrogens is 4. The monoisotopic (exact) mass is 438 g/mol. The normalized spacial score (nSPS) is 11.3. The predicted molar refractivity (Wildman–Crippen MR) is 129 cm³/mol. The second kappa shape index (κ2) is 8.93. The van der Waals surface area contributed by atoms with E-state index in [1.807, 2.05) is 49.4 Å². The standard InChI is InChI=1S/C26H22N4OS/c1-18-11-13-20(14-12-18)23(31)17-32-26-27-25-24(28-29-26)21-9-5-6-10-22(21)30(25)16-15-19-7-3-2-4-8-19/h2-14H,15-17H2,1H3. The van der Waals surface area contributed by atoms with Gasteiger partial charge in [-0.3, -0.25) is 4.79 Å². The van der Waals surface area contributed by atoms with Gasteiger partial charge in [0.15, 0.2) is 11.4 Å². The molecular weight excluding hydrogens is 416 g/mol. The Morgan fingerprint density at radius 2 is 1.66 bits per heavy atom. The number of thioether (sulfide) groups is 1. The molecule has 0 spiro atoms. The highest BCUT2D eigenvalue weighted by Crippen LogP contribution is 2.27. The summed E-state index contributed by atoms with van der Waals surface area (Å²) < 4.78 is 2.21. The SMILES string of the molecule is Cc1ccc(C(=O)CSc2nnc3c4ccccc4n(CCc4ccccc4)c3n2)cc1. The molecule has 5 rings (SSSR count). The minimum absolute atomic E-state index is 0.0586. The molecule has 2 heterocycles. The molecule has 0 aliphatic rings. The number of hydrogen-bond acceptors (Lipinski definition) is 5. The summed E-state index contributed by atoms with van der Waals surface area (Å²) in [7, 11) is 0. The summed E-state index contributed by atoms with van der Waals surface area (Å²) in [6.45, 7) is 2.80. The van der Waals surface area contributed by atoms with E-state index in [4.69, 9.17) is 4.98 Å². The number of para-hydroxylation sites is 1. The summed E-state index contributed by atoms with van der Waals surface area (Å²) in [4.78, 5) is 17.4. The third-order valence-corrected chi connectivity index (χ3v) is 6.37. The first-order chi connectivity index (χ1) is 15.7. The van der Waals surface area contributed by atoms with E-state index in [-0.39, 0.29) is 11.5 Å². The Morgan fingerprint density at radius 3 is 2.47 bits per heavy atom. The molecule has 2 aromatic heterocycles. The van der Waals surface area contributed by atoms with Crippen LogP contribution in [0.1, 0.15) is 21.5 Å². The molecule has 0 aliphatic heterocycles. The zero-order valence-corrected chi connectivity index (χ0v) is 18.5. The van der Waals surface area contributed by atoms with E-state index in [0.717, 1.165) is 40.6 Å². The van der Waals surface area contributed by atoms with E-state index in [1.165, 1.54) is 17.3 Å². The fourth-order valence-electron chi connectivity index (χ4n) is 3.82. The van der Waals surface area contributed by atoms with Gasteiger partial charge in [-0.15, -0.1) is 10.2 Å². The van der Waals surface area contributed by atoms with Crippen molar-refractivity contribution < 1.29 is 4.79 Å². The van der Waals surface area contributed by atoms with Gasteiger partial charge in [0.2, 0.25) is 5.16 Å². The van der Waals surface area contributed by atoms with Crippen molar-refractivity contribution in [3.63, 3.8) is 0 Å². The Labute approximate surface area is 190 Å². The average Bonchev–Trinajstić information content (AvgIpc) is 3.15. The summed E-state index contributed by atoms with van der Waals surface area (Å²) in [5.41, 5.74) is 5.81. The molecular formula is C26H22N4OS. The molecule has 0 fully saturated rings. The third kappa shape index (κ3) is 4.14. The van der Waals surface area contributed by atoms with Gasteiger partial charge in [-0.2, -0.15) is 0 Å². The van der Waals surface area contributed by atoms with E-state index in [0.29, 0.717) is 10.7 Å². The summed E-state index contributed by atoms with van der Waals surface area (Å²) in [6, 6.07) is 26.2. The van der Waals surface area contributed by atoms with Gasteiger partial charge in [0.25, 0.3) is 0 Å². The van der Waals surface area contributed by atoms with Crippen molar-refractivity contribution in [2.24, 2.45) is 0 Å². The second-order valence-electron chi connectivity index (χ2n) is 7.75. The first kappa shape index (κ1) is 20.4. The highest BCUT2D eigenvalue weighted by molar-refractivity contribution is 7.99. The molecule has 0 atom stereocenters. The van der Waals surface area contributed by atoms with Crippen LogP contribution in [0.2, 0.25) is 0 Å². The highest BCUT2D eigenvalue weighted by Gasteiger charge is 2.16. The Balaban J connectivity index is 1.43. The number of carbonyl (C=O) groups excluding carboxylic acids is 1. The predicted octanol–water partition coefficient (Wildman–Crippen LogP) is 5.51. The number of carbonyl (C=O) groups is 1. The number of ketones is 1. The lowest BCUT2D eigenvalue weighted by Gasteiger charge is -2.07. The van der Waals surface area contributed by atoms with Gasteiger partial charge in [0.1, 0.15) is 5.52 Å². The van der Waals surface area contributed by atoms with Crippen LogP contribution in [0.15, 0.2) is 84.0 Å². The number of benzene rings is 3. The molecule has 0 aliphatic carbocycles. The van der Waals surface area contributed by atoms with Crippen LogP contribution in [0.3, 0.4) is 0 Å². The third-order valence-electron chi connectivity index (χ3n) is 5.53. The molecule has 5 aromatic rings. The topological polar surface area (TPSA) is 60.7 Å². The van der Waals surface area contributed by atoms with Gasteiger partial charge >= 0.3 is 0 Å². The van der Waals surface area contributed by atoms with E-state index in [9.17, 15) is 4.79 Å². The maximum absolute atomic E-state index is 12.6. The number of aryl methyl sites for hydroxylation is 3. The minimum Gasteiger partial charge on any atom is -0.323 e. The van der Waals surface area contributed by atoms with Gasteiger partial charge in [0.05, 0.1) is 11.3 Å². The second-order valence-corrected chi connectivity index (χ2v) is 8.69. The van der Waals surface area contributed by atoms with Crippen molar-refractivity contribution in [1.29, 1.82) is 0 Å². The van der Waals surface area contributed by atoms with Crippen LogP contribution in [-0.4, -0.2) is 31.3 Å². The molecule has 0 radical (unpaired) electrons. The fourth-order valence-corrected chi connectivity index (χ4v) is 4.49. The van der Waals surface area contributed by atoms with Crippen molar-refractivity contribution in [1.82, 2.24) is 19.7 Å². The van der Waals surface area contributed by atoms with Gasteiger partial charge in [0, 0.05) is 17.5 Å². The molecule has 5 nitrogen and oxygen atoms in total. The molecule has 0 N–H and O–H groups in total. The molecule has 0 saturated carbocycles. The Morgan fingerprint density at radius 1 is 0.906 bits per heavy atom. The lowest BCUT2D eigenvalue weighted by Crippen LogP contribution is -2.05. The summed E-state index contributed by atoms with van der Waals surface area (Å²) >= 11 is 1.33. The summed E-state index contributed by atoms with van der Waals surface area (Å²) in [5.74, 6) is 0.337. The summed E-state index contributed by atoms with van der Waals surface area (Å²) in [6.07, 6.45) is 0.896. The Bertz CT molecular complexity index is 1390. The van der Waals surface area contributed by atoms with Crippen molar-refractivity contribution in [3.8, 4) is 0 Å². The number of hydrogen-bond donors (Lipinski definition) is 0. The number of Topliss-reactive ketones (excluding diaryl/α,β-unsaturated/α-hetero) is 1. The van der Waals surface area contributed by atoms with Gasteiger partial charge in [-0.05, 0) is 25.0 Å². The van der Waals surface area contributed by atoms with Gasteiger partial charge < -0.3 is 4.57 Å². The zero-order chi connectivity index (χ0) is 21.9. The lowest BCUT2D eigenvalue weighted by atomic mass is 10.1. The van der Waals surface area contributed by atoms with Crippen molar-refractivity contribution >= 4 is 39.6 Å². The fraction of sp³-hybridized carbons (Fsp3) is 0.154. The zero-order valence-electron chi connectivity index (χ0n) is 17.7. The van der Waals surface area contributed by atoms with Crippen molar-refractivity contribution in [3.05, 3.63) is 95.6 Å². The molecule has 3 aromatic carbocycles. The van der Waals surface area contributed by atoms with Crippen LogP contribution in [0.25, 0.3) is 22.1 Å². The highest BCUT2D eigenvalue weighted by atomic mass is 32.2. The molecule has 32 heavy (non-hydrogen) atoms. The van der Waals surface area contributed by atoms with Crippen LogP contribution in [0, 0.1) is 6.92 Å². The maximum atomic E-state index is 12.6. The number of nitrogens with zero attached hydrogens (tertiary/aromatic N) is 4. The molecule has 0 saturated heterocycles. The van der Waals surface area contributed by atoms with Crippen LogP contribution in [0.4, 0.5) is 0 Å². The quantitative estimate of drug-likeness (QED) is 0.248. The summed E-state index contributed by atoms with van der Waals surface area (Å²) in [5, 5.41) is 10.3. The van der Waals surface area contributed by atoms with E-state index >= 15 is 0 Å². The molecule has 0 unspecified atom stereocenters. The molecule has 0 amide bonds. The van der Waals surface area contributed by atoms with E-state index in [1.54, 1.807) is 0 Å². The largest absolute Gasteiger partial charge is 0.323 e. The van der Waals surface area contributed by atoms with Crippen molar-refractivity contribution in [2.75, 3.05) is 5.75 Å². The van der Waals surface area contributed by atoms with Crippen LogP contribution < -0.4 is 0 Å². The van der Waals surface area contributed by atoms with Gasteiger partial charge in [-0.1, -0.05) is 90.1 Å². The van der Waals surface area contributed by atoms with Crippen LogP contribution in [0.5, 0.6) is 0 Å². The molecule has 6 heteroatoms. The van der Waals surface area contributed by atoms with Crippen molar-refractivity contribution in [2.45, 2.75) is 25.0 Å². The molecule has 0 bridgehead atoms. The first-order valence-electron chi connectivity index (χ1n) is 10.6. The molecule has 158 valence electrons. The van der Waals surface area contributed by atoms with E-state index < -0.39 is 0 Å². The number of rotatable bonds is 7. The Hall–Kier alpha value is -3.51. The Kier molecular flexibility index (Phi) is 5.69. The first-order valence-corrected chi connectivity index (χ1v) is 11.6. The van der Waals surface area contributed by atoms with Gasteiger partial charge in [-0.25, -0.2) is 4.98 Å².